The van der Waals surface area contributed by atoms with Gasteiger partial charge in [-0.15, -0.1) is 0 Å². The number of carbonyl (C=O) groups is 2. The van der Waals surface area contributed by atoms with Gasteiger partial charge in [0.2, 0.25) is 5.78 Å². The van der Waals surface area contributed by atoms with Crippen molar-refractivity contribution in [3.05, 3.63) is 49.9 Å². The first-order chi connectivity index (χ1) is 9.29. The molecule has 1 rings (SSSR count). The summed E-state index contributed by atoms with van der Waals surface area (Å²) in [7, 11) is 2.73. The van der Waals surface area contributed by atoms with E-state index in [0.717, 1.165) is 17.0 Å². The van der Waals surface area contributed by atoms with E-state index >= 15 is 0 Å². The maximum Gasteiger partial charge on any atom is 1.00 e. The van der Waals surface area contributed by atoms with Crippen LogP contribution in [0.5, 0.6) is 0 Å². The van der Waals surface area contributed by atoms with Crippen molar-refractivity contribution in [2.45, 2.75) is 0 Å². The zero-order valence-corrected chi connectivity index (χ0v) is 14.3. The fourth-order valence-electron chi connectivity index (χ4n) is 1.40. The molecule has 0 N–H and O–H groups in total. The van der Waals surface area contributed by atoms with Crippen molar-refractivity contribution in [1.82, 2.24) is 4.90 Å². The Morgan fingerprint density at radius 1 is 1.38 bits per heavy atom. The summed E-state index contributed by atoms with van der Waals surface area (Å²) in [6.45, 7) is 0. The fraction of sp³-hybridized carbons (Fsp3) is 0.167. The molecule has 0 atom stereocenters. The van der Waals surface area contributed by atoms with Crippen molar-refractivity contribution in [1.29, 1.82) is 0 Å². The minimum Gasteiger partial charge on any atom is -0.763 e. The fourth-order valence-corrected chi connectivity index (χ4v) is 1.57. The molecule has 0 aliphatic carbocycles. The van der Waals surface area contributed by atoms with Crippen LogP contribution < -0.4 is 29.6 Å². The number of nitro groups is 1. The Balaban J connectivity index is 0.00000400. The number of benzene rings is 1. The Kier molecular flexibility index (Phi) is 7.49. The van der Waals surface area contributed by atoms with Crippen molar-refractivity contribution >= 4 is 34.8 Å². The molecule has 104 valence electrons. The van der Waals surface area contributed by atoms with Crippen molar-refractivity contribution in [2.75, 3.05) is 14.1 Å². The van der Waals surface area contributed by atoms with Crippen LogP contribution in [0.4, 0.5) is 5.69 Å². The monoisotopic (exact) mass is 317 g/mol. The van der Waals surface area contributed by atoms with Gasteiger partial charge >= 0.3 is 29.6 Å². The molecule has 0 aliphatic rings. The van der Waals surface area contributed by atoms with Crippen LogP contribution in [0, 0.1) is 10.1 Å². The number of nitro benzene ring substituents is 1. The van der Waals surface area contributed by atoms with Gasteiger partial charge in [0.1, 0.15) is 11.1 Å². The number of carbonyl (C=O) groups excluding carboxylic acids is 2. The number of hydrogen-bond acceptors (Lipinski definition) is 4. The Labute approximate surface area is 147 Å². The van der Waals surface area contributed by atoms with Gasteiger partial charge in [-0.1, -0.05) is 11.6 Å². The molecule has 0 fully saturated rings. The number of amides is 1. The van der Waals surface area contributed by atoms with E-state index < -0.39 is 27.9 Å². The number of nitrogens with zero attached hydrogens (tertiary/aromatic N) is 3. The topological polar surface area (TPSA) is 103 Å². The Bertz CT molecular complexity index is 654. The van der Waals surface area contributed by atoms with Gasteiger partial charge in [-0.2, -0.15) is 0 Å². The van der Waals surface area contributed by atoms with E-state index in [9.17, 15) is 19.7 Å². The molecule has 0 heterocycles. The van der Waals surface area contributed by atoms with E-state index in [1.807, 2.05) is 0 Å². The average Bonchev–Trinajstić information content (AvgIpc) is 2.38. The van der Waals surface area contributed by atoms with E-state index in [4.69, 9.17) is 17.0 Å². The molecule has 0 spiro atoms. The smallest absolute Gasteiger partial charge is 0.763 e. The van der Waals surface area contributed by atoms with Crippen LogP contribution in [0.3, 0.4) is 0 Å². The molecule has 0 aromatic heterocycles. The van der Waals surface area contributed by atoms with Crippen LogP contribution in [0.1, 0.15) is 10.4 Å². The summed E-state index contributed by atoms with van der Waals surface area (Å²) >= 11 is 5.63. The number of hydrogen-bond donors (Lipinski definition) is 0. The first-order valence-corrected chi connectivity index (χ1v) is 5.64. The van der Waals surface area contributed by atoms with Gasteiger partial charge < -0.3 is 10.3 Å². The summed E-state index contributed by atoms with van der Waals surface area (Å²) in [5.74, 6) is -0.340. The van der Waals surface area contributed by atoms with Crippen LogP contribution in [0.2, 0.25) is 5.02 Å². The van der Waals surface area contributed by atoms with Gasteiger partial charge in [-0.3, -0.25) is 25.6 Å². The second kappa shape index (κ2) is 8.07. The minimum atomic E-state index is -1.01. The van der Waals surface area contributed by atoms with Gasteiger partial charge in [-0.05, 0) is 12.1 Å². The predicted molar refractivity (Wildman–Crippen MR) is 73.0 cm³/mol. The van der Waals surface area contributed by atoms with Gasteiger partial charge in [0.05, 0.1) is 4.92 Å². The summed E-state index contributed by atoms with van der Waals surface area (Å²) < 4.78 is 0. The van der Waals surface area contributed by atoms with Gasteiger partial charge in [-0.25, -0.2) is 0 Å². The van der Waals surface area contributed by atoms with E-state index in [2.05, 4.69) is 0 Å². The molecule has 0 saturated carbocycles. The normalized spacial score (nSPS) is 9.10. The van der Waals surface area contributed by atoms with Crippen LogP contribution in [-0.4, -0.2) is 41.5 Å². The summed E-state index contributed by atoms with van der Waals surface area (Å²) in [5.41, 5.74) is -1.60. The van der Waals surface area contributed by atoms with E-state index in [-0.39, 0.29) is 40.1 Å². The van der Waals surface area contributed by atoms with Crippen molar-refractivity contribution < 1.29 is 44.1 Å². The third-order valence-electron chi connectivity index (χ3n) is 2.36. The van der Waals surface area contributed by atoms with Crippen LogP contribution in [0.25, 0.3) is 5.41 Å². The molecule has 9 heteroatoms. The van der Waals surface area contributed by atoms with Crippen LogP contribution in [-0.2, 0) is 4.79 Å². The minimum absolute atomic E-state index is 0. The standard InChI is InChI=1S/C12H9ClN3O4.Na/c1-15(2)12(18)9(6-14)11(17)8-4-3-7(13)5-10(8)16(19)20;/h3-5H,1-2H3;/q-1;+1. The van der Waals surface area contributed by atoms with Gasteiger partial charge in [0.15, 0.2) is 0 Å². The molecule has 0 radical (unpaired) electrons. The summed E-state index contributed by atoms with van der Waals surface area (Å²) in [4.78, 5) is 34.9. The second-order valence-corrected chi connectivity index (χ2v) is 4.37. The largest absolute Gasteiger partial charge is 1.00 e. The number of rotatable bonds is 4. The summed E-state index contributed by atoms with van der Waals surface area (Å²) in [6.07, 6.45) is 0. The third kappa shape index (κ3) is 4.49. The quantitative estimate of drug-likeness (QED) is 0.100. The van der Waals surface area contributed by atoms with Crippen LogP contribution in [0.15, 0.2) is 23.8 Å². The number of Topliss-reactive ketones (excluding diaryl/α,β-unsaturated/α-hetero) is 1. The molecule has 21 heavy (non-hydrogen) atoms. The van der Waals surface area contributed by atoms with Crippen molar-refractivity contribution in [2.24, 2.45) is 0 Å². The van der Waals surface area contributed by atoms with Gasteiger partial charge in [0.25, 0.3) is 11.6 Å². The molecule has 1 amide bonds. The first kappa shape index (κ1) is 19.5. The van der Waals surface area contributed by atoms with E-state index in [1.165, 1.54) is 26.0 Å². The van der Waals surface area contributed by atoms with E-state index in [0.29, 0.717) is 0 Å². The average molecular weight is 318 g/mol. The van der Waals surface area contributed by atoms with Gasteiger partial charge in [0, 0.05) is 25.2 Å². The zero-order chi connectivity index (χ0) is 15.4. The molecular weight excluding hydrogens is 309 g/mol. The molecule has 1 aromatic rings. The Morgan fingerprint density at radius 2 is 1.95 bits per heavy atom. The third-order valence-corrected chi connectivity index (χ3v) is 2.60. The molecule has 0 unspecified atom stereocenters. The molecule has 0 saturated heterocycles. The predicted octanol–water partition coefficient (Wildman–Crippen LogP) is -1.31. The van der Waals surface area contributed by atoms with E-state index in [1.54, 1.807) is 0 Å². The summed E-state index contributed by atoms with van der Waals surface area (Å²) in [6, 6.07) is 3.38. The maximum atomic E-state index is 12.1. The molecule has 0 aliphatic heterocycles. The molecule has 1 aromatic carbocycles. The summed E-state index contributed by atoms with van der Waals surface area (Å²) in [5, 5.41) is 19.9. The Morgan fingerprint density at radius 3 is 2.38 bits per heavy atom. The molecular formula is C12H9ClN3NaO4. The molecule has 7 nitrogen and oxygen atoms in total. The number of ketones is 1. The Hall–Kier alpha value is -1.50. The maximum absolute atomic E-state index is 12.1. The van der Waals surface area contributed by atoms with Crippen molar-refractivity contribution in [3.63, 3.8) is 0 Å². The first-order valence-electron chi connectivity index (χ1n) is 5.27. The number of likely N-dealkylation sites (N-methyl/N-ethyl adjacent to an activating group) is 1. The van der Waals surface area contributed by atoms with Crippen LogP contribution >= 0.6 is 11.6 Å². The SMILES string of the molecule is CN(C)C(=O)C(=C=[N-])C(=O)c1ccc(Cl)cc1[N+](=O)[O-].[Na+]. The molecule has 0 bridgehead atoms. The number of halogens is 1. The zero-order valence-electron chi connectivity index (χ0n) is 11.6. The second-order valence-electron chi connectivity index (χ2n) is 3.93. The van der Waals surface area contributed by atoms with Crippen molar-refractivity contribution in [3.8, 4) is 0 Å².